The van der Waals surface area contributed by atoms with Crippen molar-refractivity contribution in [3.8, 4) is 11.8 Å². The molecule has 0 spiro atoms. The number of hydrogen-bond donors (Lipinski definition) is 0. The Morgan fingerprint density at radius 3 is 2.83 bits per heavy atom. The molecule has 0 aliphatic carbocycles. The maximum absolute atomic E-state index is 13.7. The van der Waals surface area contributed by atoms with Crippen LogP contribution in [0.2, 0.25) is 0 Å². The van der Waals surface area contributed by atoms with Crippen LogP contribution in [-0.4, -0.2) is 15.0 Å². The van der Waals surface area contributed by atoms with Crippen LogP contribution in [0.15, 0.2) is 24.3 Å². The smallest absolute Gasteiger partial charge is 0.186 e. The van der Waals surface area contributed by atoms with Crippen molar-refractivity contribution in [2.24, 2.45) is 0 Å². The van der Waals surface area contributed by atoms with Gasteiger partial charge >= 0.3 is 0 Å². The highest BCUT2D eigenvalue weighted by Gasteiger charge is 2.15. The lowest BCUT2D eigenvalue weighted by atomic mass is 10.1. The largest absolute Gasteiger partial charge is 0.213 e. The summed E-state index contributed by atoms with van der Waals surface area (Å²) in [6.45, 7) is 2.06. The van der Waals surface area contributed by atoms with Gasteiger partial charge in [0.05, 0.1) is 5.69 Å². The molecule has 5 heteroatoms. The summed E-state index contributed by atoms with van der Waals surface area (Å²) >= 11 is 0. The Labute approximate surface area is 105 Å². The molecule has 0 aliphatic rings. The molecule has 0 atom stereocenters. The highest BCUT2D eigenvalue weighted by atomic mass is 19.1. The van der Waals surface area contributed by atoms with Gasteiger partial charge in [0, 0.05) is 0 Å². The summed E-state index contributed by atoms with van der Waals surface area (Å²) in [5.41, 5.74) is 1.27. The number of aromatic nitrogens is 3. The summed E-state index contributed by atoms with van der Waals surface area (Å²) < 4.78 is 15.1. The zero-order valence-corrected chi connectivity index (χ0v) is 10.1. The minimum absolute atomic E-state index is 0.270. The van der Waals surface area contributed by atoms with Crippen LogP contribution in [0.25, 0.3) is 5.69 Å². The van der Waals surface area contributed by atoms with Crippen LogP contribution in [0.5, 0.6) is 0 Å². The van der Waals surface area contributed by atoms with E-state index in [-0.39, 0.29) is 11.5 Å². The van der Waals surface area contributed by atoms with Crippen LogP contribution in [0.4, 0.5) is 4.39 Å². The van der Waals surface area contributed by atoms with E-state index in [1.807, 2.05) is 6.07 Å². The highest BCUT2D eigenvalue weighted by Crippen LogP contribution is 2.17. The first-order valence-corrected chi connectivity index (χ1v) is 5.87. The molecule has 0 fully saturated rings. The quantitative estimate of drug-likeness (QED) is 0.830. The molecule has 0 N–H and O–H groups in total. The lowest BCUT2D eigenvalue weighted by Gasteiger charge is -2.06. The van der Waals surface area contributed by atoms with Crippen molar-refractivity contribution in [2.75, 3.05) is 0 Å². The van der Waals surface area contributed by atoms with Gasteiger partial charge in [-0.05, 0) is 25.0 Å². The third kappa shape index (κ3) is 2.23. The van der Waals surface area contributed by atoms with Crippen molar-refractivity contribution in [1.82, 2.24) is 15.0 Å². The molecule has 0 aliphatic heterocycles. The van der Waals surface area contributed by atoms with Crippen LogP contribution in [0.3, 0.4) is 0 Å². The summed E-state index contributed by atoms with van der Waals surface area (Å²) in [6, 6.07) is 8.34. The van der Waals surface area contributed by atoms with Crippen LogP contribution >= 0.6 is 0 Å². The van der Waals surface area contributed by atoms with Gasteiger partial charge in [-0.1, -0.05) is 30.7 Å². The van der Waals surface area contributed by atoms with Gasteiger partial charge in [-0.3, -0.25) is 0 Å². The molecule has 0 saturated carbocycles. The predicted molar refractivity (Wildman–Crippen MR) is 64.6 cm³/mol. The van der Waals surface area contributed by atoms with E-state index in [9.17, 15) is 4.39 Å². The number of rotatable bonds is 4. The van der Waals surface area contributed by atoms with Crippen LogP contribution in [0.1, 0.15) is 31.2 Å². The predicted octanol–water partition coefficient (Wildman–Crippen LogP) is 2.62. The fourth-order valence-electron chi connectivity index (χ4n) is 1.77. The van der Waals surface area contributed by atoms with Gasteiger partial charge in [0.2, 0.25) is 0 Å². The van der Waals surface area contributed by atoms with Crippen molar-refractivity contribution in [2.45, 2.75) is 26.2 Å². The van der Waals surface area contributed by atoms with E-state index >= 15 is 0 Å². The van der Waals surface area contributed by atoms with Gasteiger partial charge in [-0.25, -0.2) is 9.07 Å². The van der Waals surface area contributed by atoms with Crippen LogP contribution < -0.4 is 0 Å². The monoisotopic (exact) mass is 244 g/mol. The van der Waals surface area contributed by atoms with E-state index < -0.39 is 0 Å². The van der Waals surface area contributed by atoms with Crippen molar-refractivity contribution < 1.29 is 4.39 Å². The van der Waals surface area contributed by atoms with Crippen LogP contribution in [-0.2, 0) is 6.42 Å². The van der Waals surface area contributed by atoms with Crippen molar-refractivity contribution in [3.63, 3.8) is 0 Å². The highest BCUT2D eigenvalue weighted by molar-refractivity contribution is 5.37. The van der Waals surface area contributed by atoms with Gasteiger partial charge in [0.25, 0.3) is 0 Å². The third-order valence-corrected chi connectivity index (χ3v) is 2.72. The summed E-state index contributed by atoms with van der Waals surface area (Å²) in [6.07, 6.45) is 2.57. The average Bonchev–Trinajstić information content (AvgIpc) is 2.79. The van der Waals surface area contributed by atoms with E-state index in [2.05, 4.69) is 17.2 Å². The molecule has 0 unspecified atom stereocenters. The normalized spacial score (nSPS) is 10.3. The maximum Gasteiger partial charge on any atom is 0.186 e. The van der Waals surface area contributed by atoms with Gasteiger partial charge in [-0.15, -0.1) is 5.10 Å². The topological polar surface area (TPSA) is 54.5 Å². The molecule has 92 valence electrons. The summed E-state index contributed by atoms with van der Waals surface area (Å²) in [4.78, 5) is 0. The zero-order chi connectivity index (χ0) is 13.0. The number of nitrogens with zero attached hydrogens (tertiary/aromatic N) is 4. The molecule has 1 heterocycles. The minimum atomic E-state index is -0.371. The number of hydrogen-bond acceptors (Lipinski definition) is 3. The zero-order valence-electron chi connectivity index (χ0n) is 10.1. The number of benzene rings is 1. The summed E-state index contributed by atoms with van der Waals surface area (Å²) in [7, 11) is 0. The third-order valence-electron chi connectivity index (χ3n) is 2.72. The Hall–Kier alpha value is -2.22. The molecular weight excluding hydrogens is 231 g/mol. The first kappa shape index (κ1) is 12.2. The van der Waals surface area contributed by atoms with E-state index in [0.29, 0.717) is 17.8 Å². The van der Waals surface area contributed by atoms with Gasteiger partial charge in [0.15, 0.2) is 5.69 Å². The first-order valence-electron chi connectivity index (χ1n) is 5.87. The second-order valence-corrected chi connectivity index (χ2v) is 3.96. The number of halogens is 1. The van der Waals surface area contributed by atoms with Crippen molar-refractivity contribution in [1.29, 1.82) is 5.26 Å². The van der Waals surface area contributed by atoms with Crippen molar-refractivity contribution in [3.05, 3.63) is 41.5 Å². The molecule has 4 nitrogen and oxygen atoms in total. The summed E-state index contributed by atoms with van der Waals surface area (Å²) in [5, 5.41) is 16.7. The minimum Gasteiger partial charge on any atom is -0.213 e. The van der Waals surface area contributed by atoms with E-state index in [0.717, 1.165) is 12.8 Å². The molecule has 18 heavy (non-hydrogen) atoms. The maximum atomic E-state index is 13.7. The SMILES string of the molecule is CCCCc1c(C#N)nnn1-c1ccccc1F. The molecule has 2 rings (SSSR count). The van der Waals surface area contributed by atoms with Crippen LogP contribution in [0, 0.1) is 17.1 Å². The van der Waals surface area contributed by atoms with E-state index in [1.54, 1.807) is 18.2 Å². The molecule has 1 aromatic carbocycles. The fraction of sp³-hybridized carbons (Fsp3) is 0.308. The first-order chi connectivity index (χ1) is 8.77. The second-order valence-electron chi connectivity index (χ2n) is 3.96. The molecule has 0 bridgehead atoms. The molecule has 2 aromatic rings. The van der Waals surface area contributed by atoms with Gasteiger partial charge in [-0.2, -0.15) is 5.26 Å². The van der Waals surface area contributed by atoms with E-state index in [4.69, 9.17) is 5.26 Å². The van der Waals surface area contributed by atoms with E-state index in [1.165, 1.54) is 10.7 Å². The Morgan fingerprint density at radius 1 is 1.39 bits per heavy atom. The standard InChI is InChI=1S/C13H13FN4/c1-2-3-7-13-11(9-15)16-17-18(13)12-8-5-4-6-10(12)14/h4-6,8H,2-3,7H2,1H3. The Balaban J connectivity index is 2.48. The average molecular weight is 244 g/mol. The molecule has 0 saturated heterocycles. The summed E-state index contributed by atoms with van der Waals surface area (Å²) in [5.74, 6) is -0.371. The number of unbranched alkanes of at least 4 members (excludes halogenated alkanes) is 1. The second kappa shape index (κ2) is 5.41. The Kier molecular flexibility index (Phi) is 3.68. The number of nitriles is 1. The Morgan fingerprint density at radius 2 is 2.17 bits per heavy atom. The molecule has 0 amide bonds. The van der Waals surface area contributed by atoms with Gasteiger partial charge < -0.3 is 0 Å². The van der Waals surface area contributed by atoms with Crippen molar-refractivity contribution >= 4 is 0 Å². The van der Waals surface area contributed by atoms with Gasteiger partial charge in [0.1, 0.15) is 17.6 Å². The fourth-order valence-corrected chi connectivity index (χ4v) is 1.77. The lowest BCUT2D eigenvalue weighted by Crippen LogP contribution is -2.05. The molecule has 1 aromatic heterocycles. The number of para-hydroxylation sites is 1. The lowest BCUT2D eigenvalue weighted by molar-refractivity contribution is 0.600. The Bertz CT molecular complexity index is 583. The molecule has 0 radical (unpaired) electrons. The molecular formula is C13H13FN4.